The van der Waals surface area contributed by atoms with E-state index in [1.807, 2.05) is 12.3 Å². The van der Waals surface area contributed by atoms with Gasteiger partial charge in [0, 0.05) is 39.8 Å². The highest BCUT2D eigenvalue weighted by atomic mass is 32.2. The van der Waals surface area contributed by atoms with Crippen LogP contribution in [-0.4, -0.2) is 108 Å². The number of benzene rings is 1. The smallest absolute Gasteiger partial charge is 0.248 e. The van der Waals surface area contributed by atoms with Gasteiger partial charge in [0.2, 0.25) is 15.9 Å². The molecule has 1 aromatic carbocycles. The van der Waals surface area contributed by atoms with Crippen LogP contribution in [0.4, 0.5) is 5.69 Å². The molecule has 10 nitrogen and oxygen atoms in total. The lowest BCUT2D eigenvalue weighted by Gasteiger charge is -2.36. The molecule has 1 saturated heterocycles. The second kappa shape index (κ2) is 13.6. The quantitative estimate of drug-likeness (QED) is 0.365. The van der Waals surface area contributed by atoms with Crippen molar-refractivity contribution in [3.63, 3.8) is 0 Å². The van der Waals surface area contributed by atoms with Crippen LogP contribution < -0.4 is 9.64 Å². The van der Waals surface area contributed by atoms with E-state index in [1.165, 1.54) is 11.4 Å². The molecule has 0 N–H and O–H groups in total. The minimum atomic E-state index is -3.71. The summed E-state index contributed by atoms with van der Waals surface area (Å²) >= 11 is 0. The number of carbonyl (C=O) groups is 1. The van der Waals surface area contributed by atoms with Gasteiger partial charge >= 0.3 is 0 Å². The average Bonchev–Trinajstić information content (AvgIpc) is 2.90. The number of aryl methyl sites for hydroxylation is 2. The molecule has 1 amide bonds. The standard InChI is InChI=1S/C28H43N5O5S/c1-21-16-26(37-7)17-22(2)28(21)39(35,36)32(6)14-15-38-20-27(34)31(5)19-23-8-9-25(18-29-23)33-12-10-24(11-13-33)30(3)4/h8-9,16-18,24H,10-15,19-20H2,1-7H3. The van der Waals surface area contributed by atoms with Crippen molar-refractivity contribution in [3.05, 3.63) is 47.3 Å². The first-order valence-corrected chi connectivity index (χ1v) is 14.7. The molecule has 1 aliphatic rings. The maximum Gasteiger partial charge on any atom is 0.248 e. The number of anilines is 1. The van der Waals surface area contributed by atoms with Crippen LogP contribution in [0.3, 0.4) is 0 Å². The minimum absolute atomic E-state index is 0.0982. The second-order valence-electron chi connectivity index (χ2n) is 10.4. The number of sulfonamides is 1. The molecule has 216 valence electrons. The molecule has 0 saturated carbocycles. The van der Waals surface area contributed by atoms with Crippen molar-refractivity contribution in [2.75, 3.05) is 73.0 Å². The number of ether oxygens (including phenoxy) is 2. The van der Waals surface area contributed by atoms with E-state index in [0.29, 0.717) is 29.5 Å². The fourth-order valence-electron chi connectivity index (χ4n) is 4.84. The van der Waals surface area contributed by atoms with Gasteiger partial charge in [-0.15, -0.1) is 0 Å². The number of rotatable bonds is 12. The second-order valence-corrected chi connectivity index (χ2v) is 12.4. The van der Waals surface area contributed by atoms with Crippen molar-refractivity contribution < 1.29 is 22.7 Å². The Hall–Kier alpha value is -2.73. The number of likely N-dealkylation sites (N-methyl/N-ethyl adjacent to an activating group) is 2. The molecule has 0 aliphatic carbocycles. The predicted molar refractivity (Wildman–Crippen MR) is 153 cm³/mol. The molecule has 0 atom stereocenters. The fraction of sp³-hybridized carbons (Fsp3) is 0.571. The third-order valence-electron chi connectivity index (χ3n) is 7.31. The third kappa shape index (κ3) is 7.91. The molecule has 2 aromatic rings. The summed E-state index contributed by atoms with van der Waals surface area (Å²) in [6, 6.07) is 8.06. The molecular formula is C28H43N5O5S. The summed E-state index contributed by atoms with van der Waals surface area (Å²) in [6.45, 7) is 5.97. The number of hydrogen-bond acceptors (Lipinski definition) is 8. The number of pyridine rings is 1. The molecule has 0 radical (unpaired) electrons. The lowest BCUT2D eigenvalue weighted by molar-refractivity contribution is -0.135. The van der Waals surface area contributed by atoms with Crippen LogP contribution >= 0.6 is 0 Å². The lowest BCUT2D eigenvalue weighted by Crippen LogP contribution is -2.42. The Morgan fingerprint density at radius 1 is 1.08 bits per heavy atom. The Bertz CT molecular complexity index is 1190. The molecule has 1 aliphatic heterocycles. The molecule has 1 aromatic heterocycles. The Morgan fingerprint density at radius 3 is 2.26 bits per heavy atom. The highest BCUT2D eigenvalue weighted by Gasteiger charge is 2.25. The predicted octanol–water partition coefficient (Wildman–Crippen LogP) is 2.53. The lowest BCUT2D eigenvalue weighted by atomic mass is 10.0. The van der Waals surface area contributed by atoms with Crippen molar-refractivity contribution in [1.29, 1.82) is 0 Å². The zero-order valence-electron chi connectivity index (χ0n) is 24.3. The zero-order valence-corrected chi connectivity index (χ0v) is 25.1. The Kier molecular flexibility index (Phi) is 10.7. The number of carbonyl (C=O) groups excluding carboxylic acids is 1. The van der Waals surface area contributed by atoms with Crippen molar-refractivity contribution in [2.45, 2.75) is 44.2 Å². The normalized spacial score (nSPS) is 14.7. The van der Waals surface area contributed by atoms with Gasteiger partial charge < -0.3 is 24.2 Å². The van der Waals surface area contributed by atoms with E-state index in [2.05, 4.69) is 34.9 Å². The molecule has 0 unspecified atom stereocenters. The number of amides is 1. The van der Waals surface area contributed by atoms with E-state index < -0.39 is 10.0 Å². The van der Waals surface area contributed by atoms with Gasteiger partial charge in [-0.05, 0) is 76.2 Å². The van der Waals surface area contributed by atoms with Crippen molar-refractivity contribution in [2.24, 2.45) is 0 Å². The van der Waals surface area contributed by atoms with E-state index >= 15 is 0 Å². The van der Waals surface area contributed by atoms with E-state index in [1.54, 1.807) is 45.0 Å². The monoisotopic (exact) mass is 561 g/mol. The van der Waals surface area contributed by atoms with Gasteiger partial charge in [-0.1, -0.05) is 0 Å². The molecular weight excluding hydrogens is 518 g/mol. The number of aromatic nitrogens is 1. The number of piperidine rings is 1. The number of methoxy groups -OCH3 is 1. The van der Waals surface area contributed by atoms with Crippen molar-refractivity contribution in [1.82, 2.24) is 19.1 Å². The van der Waals surface area contributed by atoms with Crippen LogP contribution in [0.1, 0.15) is 29.7 Å². The Morgan fingerprint density at radius 2 is 1.72 bits per heavy atom. The SMILES string of the molecule is COc1cc(C)c(S(=O)(=O)N(C)CCOCC(=O)N(C)Cc2ccc(N3CCC(N(C)C)CC3)cn2)c(C)c1. The van der Waals surface area contributed by atoms with E-state index in [4.69, 9.17) is 9.47 Å². The van der Waals surface area contributed by atoms with Crippen LogP contribution in [-0.2, 0) is 26.1 Å². The summed E-state index contributed by atoms with van der Waals surface area (Å²) in [4.78, 5) is 23.6. The zero-order chi connectivity index (χ0) is 28.7. The highest BCUT2D eigenvalue weighted by molar-refractivity contribution is 7.89. The summed E-state index contributed by atoms with van der Waals surface area (Å²) in [6.07, 6.45) is 4.14. The summed E-state index contributed by atoms with van der Waals surface area (Å²) < 4.78 is 38.3. The van der Waals surface area contributed by atoms with Gasteiger partial charge in [0.05, 0.1) is 42.7 Å². The van der Waals surface area contributed by atoms with Crippen LogP contribution in [0.5, 0.6) is 5.75 Å². The van der Waals surface area contributed by atoms with E-state index in [9.17, 15) is 13.2 Å². The molecule has 0 bridgehead atoms. The summed E-state index contributed by atoms with van der Waals surface area (Å²) in [7, 11) is 5.32. The minimum Gasteiger partial charge on any atom is -0.497 e. The van der Waals surface area contributed by atoms with Crippen molar-refractivity contribution in [3.8, 4) is 5.75 Å². The third-order valence-corrected chi connectivity index (χ3v) is 9.47. The van der Waals surface area contributed by atoms with Crippen LogP contribution in [0.2, 0.25) is 0 Å². The van der Waals surface area contributed by atoms with Gasteiger partial charge in [0.15, 0.2) is 0 Å². The summed E-state index contributed by atoms with van der Waals surface area (Å²) in [5, 5.41) is 0. The van der Waals surface area contributed by atoms with Gasteiger partial charge in [-0.2, -0.15) is 4.31 Å². The Balaban J connectivity index is 1.44. The van der Waals surface area contributed by atoms with Gasteiger partial charge in [-0.25, -0.2) is 8.42 Å². The number of hydrogen-bond donors (Lipinski definition) is 0. The van der Waals surface area contributed by atoms with Crippen LogP contribution in [0, 0.1) is 13.8 Å². The molecule has 11 heteroatoms. The topological polar surface area (TPSA) is 95.5 Å². The largest absolute Gasteiger partial charge is 0.497 e. The van der Waals surface area contributed by atoms with Crippen molar-refractivity contribution >= 4 is 21.6 Å². The first kappa shape index (κ1) is 30.8. The average molecular weight is 562 g/mol. The summed E-state index contributed by atoms with van der Waals surface area (Å²) in [5.41, 5.74) is 3.14. The number of nitrogens with zero attached hydrogens (tertiary/aromatic N) is 5. The van der Waals surface area contributed by atoms with E-state index in [-0.39, 0.29) is 30.6 Å². The molecule has 39 heavy (non-hydrogen) atoms. The fourth-order valence-corrected chi connectivity index (χ4v) is 6.40. The van der Waals surface area contributed by atoms with Gasteiger partial charge in [-0.3, -0.25) is 9.78 Å². The van der Waals surface area contributed by atoms with E-state index in [0.717, 1.165) is 37.3 Å². The maximum absolute atomic E-state index is 13.1. The maximum atomic E-state index is 13.1. The first-order chi connectivity index (χ1) is 18.4. The molecule has 2 heterocycles. The molecule has 1 fully saturated rings. The first-order valence-electron chi connectivity index (χ1n) is 13.2. The van der Waals surface area contributed by atoms with Gasteiger partial charge in [0.25, 0.3) is 0 Å². The highest BCUT2D eigenvalue weighted by Crippen LogP contribution is 2.27. The van der Waals surface area contributed by atoms with Crippen LogP contribution in [0.25, 0.3) is 0 Å². The van der Waals surface area contributed by atoms with Gasteiger partial charge in [0.1, 0.15) is 12.4 Å². The Labute approximate surface area is 233 Å². The molecule has 0 spiro atoms. The van der Waals surface area contributed by atoms with Crippen LogP contribution in [0.15, 0.2) is 35.4 Å². The summed E-state index contributed by atoms with van der Waals surface area (Å²) in [5.74, 6) is 0.419. The molecule has 3 rings (SSSR count).